The minimum atomic E-state index is -0.559. The van der Waals surface area contributed by atoms with Gasteiger partial charge >= 0.3 is 0 Å². The third-order valence-electron chi connectivity index (χ3n) is 6.50. The Balaban J connectivity index is 1.35. The summed E-state index contributed by atoms with van der Waals surface area (Å²) in [4.78, 5) is 27.7. The molecule has 3 aromatic rings. The molecule has 0 atom stereocenters. The van der Waals surface area contributed by atoms with Gasteiger partial charge in [0.05, 0.1) is 31.4 Å². The molecule has 0 aliphatic carbocycles. The molecule has 0 amide bonds. The predicted octanol–water partition coefficient (Wildman–Crippen LogP) is 5.13. The molecule has 8 nitrogen and oxygen atoms in total. The number of carbonyl (C=O) groups excluding carboxylic acids is 1. The number of likely N-dealkylation sites (tertiary alicyclic amines) is 1. The molecule has 36 heavy (non-hydrogen) atoms. The number of pyridine rings is 1. The van der Waals surface area contributed by atoms with E-state index in [4.69, 9.17) is 9.47 Å². The van der Waals surface area contributed by atoms with Gasteiger partial charge in [0.2, 0.25) is 5.95 Å². The molecule has 2 aromatic heterocycles. The maximum absolute atomic E-state index is 14.6. The molecular weight excluding hydrogens is 461 g/mol. The van der Waals surface area contributed by atoms with Crippen molar-refractivity contribution < 1.29 is 18.7 Å². The number of methoxy groups -OCH3 is 1. The Morgan fingerprint density at radius 1 is 1.11 bits per heavy atom. The lowest BCUT2D eigenvalue weighted by Gasteiger charge is -2.30. The lowest BCUT2D eigenvalue weighted by molar-refractivity contribution is 0.0987. The number of ether oxygens (including phenoxy) is 2. The van der Waals surface area contributed by atoms with Crippen LogP contribution in [0.3, 0.4) is 0 Å². The summed E-state index contributed by atoms with van der Waals surface area (Å²) in [5, 5.41) is 3.14. The number of hydrogen-bond acceptors (Lipinski definition) is 8. The molecule has 1 fully saturated rings. The number of carbonyl (C=O) groups is 1. The van der Waals surface area contributed by atoms with Gasteiger partial charge in [-0.05, 0) is 56.7 Å². The van der Waals surface area contributed by atoms with E-state index in [1.54, 1.807) is 13.1 Å². The Morgan fingerprint density at radius 3 is 2.47 bits per heavy atom. The molecule has 1 aliphatic heterocycles. The Morgan fingerprint density at radius 2 is 1.86 bits per heavy atom. The van der Waals surface area contributed by atoms with Gasteiger partial charge in [-0.15, -0.1) is 0 Å². The first-order valence-electron chi connectivity index (χ1n) is 12.3. The lowest BCUT2D eigenvalue weighted by Crippen LogP contribution is -2.32. The van der Waals surface area contributed by atoms with Gasteiger partial charge in [0.25, 0.3) is 0 Å². The molecule has 1 aromatic carbocycles. The third kappa shape index (κ3) is 6.15. The van der Waals surface area contributed by atoms with Crippen LogP contribution in [0.2, 0.25) is 0 Å². The highest BCUT2D eigenvalue weighted by Crippen LogP contribution is 2.28. The molecule has 3 heterocycles. The van der Waals surface area contributed by atoms with Crippen molar-refractivity contribution in [2.75, 3.05) is 32.1 Å². The van der Waals surface area contributed by atoms with Crippen LogP contribution in [0, 0.1) is 5.82 Å². The van der Waals surface area contributed by atoms with Gasteiger partial charge < -0.3 is 19.7 Å². The molecule has 0 radical (unpaired) electrons. The molecule has 0 unspecified atom stereocenters. The minimum absolute atomic E-state index is 0.00902. The second kappa shape index (κ2) is 11.9. The SMILES string of the molecule is CCC(=O)c1cc(COc2cnc(Nc3ccc(C4CCN(CC)CC4)nc3)nc2)c(F)c(OC)c1. The molecule has 4 rings (SSSR count). The first-order valence-corrected chi connectivity index (χ1v) is 12.3. The van der Waals surface area contributed by atoms with Crippen molar-refractivity contribution in [1.82, 2.24) is 19.9 Å². The maximum atomic E-state index is 14.6. The smallest absolute Gasteiger partial charge is 0.227 e. The number of nitrogens with zero attached hydrogens (tertiary/aromatic N) is 4. The zero-order chi connectivity index (χ0) is 25.5. The highest BCUT2D eigenvalue weighted by Gasteiger charge is 2.20. The number of halogens is 1. The molecule has 1 N–H and O–H groups in total. The predicted molar refractivity (Wildman–Crippen MR) is 136 cm³/mol. The van der Waals surface area contributed by atoms with Crippen molar-refractivity contribution in [2.45, 2.75) is 45.6 Å². The summed E-state index contributed by atoms with van der Waals surface area (Å²) in [6.45, 7) is 7.20. The lowest BCUT2D eigenvalue weighted by atomic mass is 9.93. The van der Waals surface area contributed by atoms with E-state index in [1.807, 2.05) is 6.07 Å². The second-order valence-corrected chi connectivity index (χ2v) is 8.76. The highest BCUT2D eigenvalue weighted by molar-refractivity contribution is 5.96. The summed E-state index contributed by atoms with van der Waals surface area (Å²) in [5.74, 6) is 0.623. The monoisotopic (exact) mass is 493 g/mol. The summed E-state index contributed by atoms with van der Waals surface area (Å²) in [7, 11) is 1.36. The van der Waals surface area contributed by atoms with Crippen LogP contribution < -0.4 is 14.8 Å². The van der Waals surface area contributed by atoms with Crippen molar-refractivity contribution in [3.63, 3.8) is 0 Å². The molecular formula is C27H32FN5O3. The van der Waals surface area contributed by atoms with Crippen molar-refractivity contribution >= 4 is 17.4 Å². The van der Waals surface area contributed by atoms with Gasteiger partial charge in [-0.1, -0.05) is 13.8 Å². The van der Waals surface area contributed by atoms with E-state index in [0.29, 0.717) is 29.6 Å². The first kappa shape index (κ1) is 25.5. The fourth-order valence-electron chi connectivity index (χ4n) is 4.29. The standard InChI is InChI=1S/C27H32FN5O3/c1-4-24(34)19-12-20(26(28)25(13-19)35-3)17-36-22-15-30-27(31-16-22)32-21-6-7-23(29-14-21)18-8-10-33(5-2)11-9-18/h6-7,12-16,18H,4-5,8-11,17H2,1-3H3,(H,30,31,32). The van der Waals surface area contributed by atoms with E-state index in [-0.39, 0.29) is 23.7 Å². The molecule has 1 saturated heterocycles. The maximum Gasteiger partial charge on any atom is 0.227 e. The van der Waals surface area contributed by atoms with Crippen molar-refractivity contribution in [3.8, 4) is 11.5 Å². The topological polar surface area (TPSA) is 89.5 Å². The number of aromatic nitrogens is 3. The molecule has 190 valence electrons. The van der Waals surface area contributed by atoms with E-state index >= 15 is 0 Å². The van der Waals surface area contributed by atoms with E-state index in [2.05, 4.69) is 38.2 Å². The number of anilines is 2. The molecule has 0 bridgehead atoms. The summed E-state index contributed by atoms with van der Waals surface area (Å²) in [5.41, 5.74) is 2.52. The summed E-state index contributed by atoms with van der Waals surface area (Å²) in [6.07, 6.45) is 7.40. The quantitative estimate of drug-likeness (QED) is 0.389. The van der Waals surface area contributed by atoms with Crippen LogP contribution >= 0.6 is 0 Å². The zero-order valence-electron chi connectivity index (χ0n) is 21.0. The van der Waals surface area contributed by atoms with Gasteiger partial charge in [0.15, 0.2) is 23.1 Å². The van der Waals surface area contributed by atoms with E-state index in [1.165, 1.54) is 31.6 Å². The van der Waals surface area contributed by atoms with Crippen LogP contribution in [0.15, 0.2) is 42.9 Å². The first-order chi connectivity index (χ1) is 17.5. The molecule has 9 heteroatoms. The Bertz CT molecular complexity index is 1160. The average Bonchev–Trinajstić information content (AvgIpc) is 2.93. The number of rotatable bonds is 10. The van der Waals surface area contributed by atoms with Crippen LogP contribution in [-0.4, -0.2) is 52.4 Å². The fraction of sp³-hybridized carbons (Fsp3) is 0.407. The van der Waals surface area contributed by atoms with Crippen LogP contribution in [0.4, 0.5) is 16.0 Å². The molecule has 0 spiro atoms. The Hall–Kier alpha value is -3.59. The average molecular weight is 494 g/mol. The number of Topliss-reactive ketones (excluding diaryl/α,β-unsaturated/α-hetero) is 1. The molecule has 0 saturated carbocycles. The summed E-state index contributed by atoms with van der Waals surface area (Å²) < 4.78 is 25.4. The largest absolute Gasteiger partial charge is 0.494 e. The Labute approximate surface area is 210 Å². The number of hydrogen-bond donors (Lipinski definition) is 1. The van der Waals surface area contributed by atoms with Gasteiger partial charge in [-0.25, -0.2) is 14.4 Å². The van der Waals surface area contributed by atoms with Gasteiger partial charge in [-0.3, -0.25) is 9.78 Å². The second-order valence-electron chi connectivity index (χ2n) is 8.76. The van der Waals surface area contributed by atoms with Crippen molar-refractivity contribution in [1.29, 1.82) is 0 Å². The molecule has 1 aliphatic rings. The number of nitrogens with one attached hydrogen (secondary N) is 1. The van der Waals surface area contributed by atoms with Crippen LogP contribution in [0.1, 0.15) is 60.6 Å². The van der Waals surface area contributed by atoms with Crippen LogP contribution in [0.25, 0.3) is 0 Å². The van der Waals surface area contributed by atoms with E-state index in [9.17, 15) is 9.18 Å². The highest BCUT2D eigenvalue weighted by atomic mass is 19.1. The van der Waals surface area contributed by atoms with Crippen molar-refractivity contribution in [3.05, 3.63) is 65.5 Å². The van der Waals surface area contributed by atoms with E-state index in [0.717, 1.165) is 43.9 Å². The minimum Gasteiger partial charge on any atom is -0.494 e. The summed E-state index contributed by atoms with van der Waals surface area (Å²) in [6, 6.07) is 6.95. The van der Waals surface area contributed by atoms with Crippen LogP contribution in [0.5, 0.6) is 11.5 Å². The number of ketones is 1. The zero-order valence-corrected chi connectivity index (χ0v) is 21.0. The van der Waals surface area contributed by atoms with Gasteiger partial charge in [-0.2, -0.15) is 0 Å². The third-order valence-corrected chi connectivity index (χ3v) is 6.50. The number of benzene rings is 1. The number of piperidine rings is 1. The van der Waals surface area contributed by atoms with Crippen molar-refractivity contribution in [2.24, 2.45) is 0 Å². The Kier molecular flexibility index (Phi) is 8.43. The summed E-state index contributed by atoms with van der Waals surface area (Å²) >= 11 is 0. The fourth-order valence-corrected chi connectivity index (χ4v) is 4.29. The van der Waals surface area contributed by atoms with Crippen LogP contribution in [-0.2, 0) is 6.61 Å². The normalized spacial score (nSPS) is 14.4. The van der Waals surface area contributed by atoms with Gasteiger partial charge in [0.1, 0.15) is 6.61 Å². The van der Waals surface area contributed by atoms with Gasteiger partial charge in [0, 0.05) is 29.2 Å². The van der Waals surface area contributed by atoms with E-state index < -0.39 is 5.82 Å².